The first kappa shape index (κ1) is 11.5. The average molecular weight is 214 g/mol. The van der Waals surface area contributed by atoms with E-state index in [4.69, 9.17) is 12.2 Å². The summed E-state index contributed by atoms with van der Waals surface area (Å²) in [5, 5.41) is 9.55. The van der Waals surface area contributed by atoms with Gasteiger partial charge in [-0.2, -0.15) is 0 Å². The van der Waals surface area contributed by atoms with E-state index in [1.807, 2.05) is 6.92 Å². The minimum Gasteiger partial charge on any atom is -0.392 e. The van der Waals surface area contributed by atoms with Gasteiger partial charge in [-0.3, -0.25) is 4.79 Å². The van der Waals surface area contributed by atoms with Gasteiger partial charge in [-0.25, -0.2) is 0 Å². The molecule has 1 saturated carbocycles. The fraction of sp³-hybridized carbons (Fsp3) is 0.700. The Morgan fingerprint density at radius 2 is 2.36 bits per heavy atom. The summed E-state index contributed by atoms with van der Waals surface area (Å²) < 4.78 is 0. The van der Waals surface area contributed by atoms with E-state index in [1.165, 1.54) is 0 Å². The summed E-state index contributed by atoms with van der Waals surface area (Å²) in [6.45, 7) is 1.89. The van der Waals surface area contributed by atoms with Gasteiger partial charge in [0, 0.05) is 18.3 Å². The van der Waals surface area contributed by atoms with E-state index >= 15 is 0 Å². The largest absolute Gasteiger partial charge is 0.392 e. The van der Waals surface area contributed by atoms with E-state index in [1.54, 1.807) is 0 Å². The minimum absolute atomic E-state index is 0.139. The van der Waals surface area contributed by atoms with Gasteiger partial charge in [-0.1, -0.05) is 19.1 Å². The third-order valence-corrected chi connectivity index (χ3v) is 3.11. The molecule has 3 atom stereocenters. The van der Waals surface area contributed by atoms with Crippen LogP contribution in [0.25, 0.3) is 0 Å². The highest BCUT2D eigenvalue weighted by Crippen LogP contribution is 2.27. The van der Waals surface area contributed by atoms with Crippen LogP contribution in [0.3, 0.4) is 0 Å². The maximum absolute atomic E-state index is 11.5. The SMILES string of the molecule is CCC(C=O)CC1C(=O)C(=S)CC1O. The maximum atomic E-state index is 11.5. The van der Waals surface area contributed by atoms with Crippen molar-refractivity contribution in [1.29, 1.82) is 0 Å². The molecule has 0 radical (unpaired) electrons. The molecule has 0 saturated heterocycles. The first-order chi connectivity index (χ1) is 6.60. The molecule has 1 aliphatic carbocycles. The van der Waals surface area contributed by atoms with Crippen LogP contribution in [0.2, 0.25) is 0 Å². The highest BCUT2D eigenvalue weighted by atomic mass is 32.1. The van der Waals surface area contributed by atoms with E-state index < -0.39 is 12.0 Å². The fourth-order valence-electron chi connectivity index (χ4n) is 1.72. The van der Waals surface area contributed by atoms with Crippen LogP contribution in [0.5, 0.6) is 0 Å². The van der Waals surface area contributed by atoms with E-state index in [0.717, 1.165) is 6.29 Å². The Bertz CT molecular complexity index is 262. The monoisotopic (exact) mass is 214 g/mol. The molecule has 0 aromatic rings. The van der Waals surface area contributed by atoms with Crippen molar-refractivity contribution in [2.75, 3.05) is 0 Å². The Kier molecular flexibility index (Phi) is 3.89. The fourth-order valence-corrected chi connectivity index (χ4v) is 2.05. The smallest absolute Gasteiger partial charge is 0.175 e. The van der Waals surface area contributed by atoms with Crippen molar-refractivity contribution in [3.05, 3.63) is 0 Å². The normalized spacial score (nSPS) is 29.3. The van der Waals surface area contributed by atoms with Crippen molar-refractivity contribution >= 4 is 29.2 Å². The molecule has 0 spiro atoms. The molecule has 78 valence electrons. The molecule has 3 nitrogen and oxygen atoms in total. The van der Waals surface area contributed by atoms with Crippen LogP contribution in [-0.4, -0.2) is 28.1 Å². The summed E-state index contributed by atoms with van der Waals surface area (Å²) >= 11 is 4.82. The van der Waals surface area contributed by atoms with Crippen LogP contribution in [-0.2, 0) is 9.59 Å². The molecule has 4 heteroatoms. The Balaban J connectivity index is 2.63. The number of thiocarbonyl (C=S) groups is 1. The third kappa shape index (κ3) is 2.25. The van der Waals surface area contributed by atoms with Gasteiger partial charge in [0.05, 0.1) is 11.0 Å². The van der Waals surface area contributed by atoms with Crippen molar-refractivity contribution in [2.45, 2.75) is 32.3 Å². The lowest BCUT2D eigenvalue weighted by atomic mass is 9.90. The Morgan fingerprint density at radius 1 is 1.71 bits per heavy atom. The van der Waals surface area contributed by atoms with E-state index in [0.29, 0.717) is 17.7 Å². The van der Waals surface area contributed by atoms with Crippen LogP contribution in [0.4, 0.5) is 0 Å². The first-order valence-electron chi connectivity index (χ1n) is 4.80. The van der Waals surface area contributed by atoms with Crippen molar-refractivity contribution < 1.29 is 14.7 Å². The molecule has 0 aliphatic heterocycles. The van der Waals surface area contributed by atoms with Crippen molar-refractivity contribution in [3.63, 3.8) is 0 Å². The predicted octanol–water partition coefficient (Wildman–Crippen LogP) is 0.921. The van der Waals surface area contributed by atoms with Gasteiger partial charge >= 0.3 is 0 Å². The molecule has 0 heterocycles. The molecule has 0 aromatic carbocycles. The van der Waals surface area contributed by atoms with Crippen LogP contribution in [0, 0.1) is 11.8 Å². The number of hydrogen-bond donors (Lipinski definition) is 1. The number of aliphatic hydroxyl groups excluding tert-OH is 1. The molecular weight excluding hydrogens is 200 g/mol. The van der Waals surface area contributed by atoms with Crippen LogP contribution >= 0.6 is 12.2 Å². The van der Waals surface area contributed by atoms with Gasteiger partial charge in [-0.05, 0) is 12.8 Å². The number of ketones is 1. The lowest BCUT2D eigenvalue weighted by Gasteiger charge is -2.15. The number of hydrogen-bond acceptors (Lipinski definition) is 4. The summed E-state index contributed by atoms with van der Waals surface area (Å²) in [5.74, 6) is -0.732. The maximum Gasteiger partial charge on any atom is 0.175 e. The van der Waals surface area contributed by atoms with E-state index in [9.17, 15) is 14.7 Å². The second-order valence-electron chi connectivity index (χ2n) is 3.71. The van der Waals surface area contributed by atoms with E-state index in [-0.39, 0.29) is 18.1 Å². The van der Waals surface area contributed by atoms with Gasteiger partial charge in [0.15, 0.2) is 5.78 Å². The van der Waals surface area contributed by atoms with Crippen LogP contribution < -0.4 is 0 Å². The van der Waals surface area contributed by atoms with Crippen LogP contribution in [0.1, 0.15) is 26.2 Å². The van der Waals surface area contributed by atoms with Crippen molar-refractivity contribution in [1.82, 2.24) is 0 Å². The standard InChI is InChI=1S/C10H14O3S/c1-2-6(5-11)3-7-8(12)4-9(14)10(7)13/h5-8,12H,2-4H2,1H3. The number of Topliss-reactive ketones (excluding diaryl/α,β-unsaturated/α-hetero) is 1. The van der Waals surface area contributed by atoms with Gasteiger partial charge in [0.25, 0.3) is 0 Å². The topological polar surface area (TPSA) is 54.4 Å². The van der Waals surface area contributed by atoms with Gasteiger partial charge in [-0.15, -0.1) is 0 Å². The zero-order chi connectivity index (χ0) is 10.7. The average Bonchev–Trinajstić information content (AvgIpc) is 2.40. The summed E-state index contributed by atoms with van der Waals surface area (Å²) in [4.78, 5) is 22.4. The molecular formula is C10H14O3S. The molecule has 14 heavy (non-hydrogen) atoms. The van der Waals surface area contributed by atoms with Gasteiger partial charge < -0.3 is 9.90 Å². The lowest BCUT2D eigenvalue weighted by molar-refractivity contribution is -0.119. The molecule has 1 rings (SSSR count). The second kappa shape index (κ2) is 4.75. The summed E-state index contributed by atoms with van der Waals surface area (Å²) in [7, 11) is 0. The number of carbonyl (C=O) groups is 2. The Labute approximate surface area is 88.5 Å². The number of rotatable bonds is 4. The van der Waals surface area contributed by atoms with Crippen molar-refractivity contribution in [3.8, 4) is 0 Å². The van der Waals surface area contributed by atoms with Gasteiger partial charge in [0.1, 0.15) is 6.29 Å². The highest BCUT2D eigenvalue weighted by Gasteiger charge is 2.38. The second-order valence-corrected chi connectivity index (χ2v) is 4.20. The number of aldehydes is 1. The number of carbonyl (C=O) groups excluding carboxylic acids is 2. The molecule has 3 unspecified atom stereocenters. The third-order valence-electron chi connectivity index (χ3n) is 2.74. The van der Waals surface area contributed by atoms with Gasteiger partial charge in [0.2, 0.25) is 0 Å². The van der Waals surface area contributed by atoms with Crippen molar-refractivity contribution in [2.24, 2.45) is 11.8 Å². The Hall–Kier alpha value is -0.610. The summed E-state index contributed by atoms with van der Waals surface area (Å²) in [5.41, 5.74) is 0. The molecule has 0 amide bonds. The zero-order valence-corrected chi connectivity index (χ0v) is 8.92. The van der Waals surface area contributed by atoms with E-state index in [2.05, 4.69) is 0 Å². The molecule has 0 aromatic heterocycles. The predicted molar refractivity (Wildman–Crippen MR) is 56.2 cm³/mol. The Morgan fingerprint density at radius 3 is 2.71 bits per heavy atom. The first-order valence-corrected chi connectivity index (χ1v) is 5.21. The lowest BCUT2D eigenvalue weighted by Crippen LogP contribution is -2.23. The molecule has 1 fully saturated rings. The quantitative estimate of drug-likeness (QED) is 0.558. The van der Waals surface area contributed by atoms with Crippen LogP contribution in [0.15, 0.2) is 0 Å². The number of aliphatic hydroxyl groups is 1. The zero-order valence-electron chi connectivity index (χ0n) is 8.10. The highest BCUT2D eigenvalue weighted by molar-refractivity contribution is 7.82. The molecule has 1 N–H and O–H groups in total. The molecule has 1 aliphatic rings. The minimum atomic E-state index is -0.677. The summed E-state index contributed by atoms with van der Waals surface area (Å²) in [6.07, 6.45) is 1.59. The molecule has 0 bridgehead atoms. The summed E-state index contributed by atoms with van der Waals surface area (Å²) in [6, 6.07) is 0.